The Morgan fingerprint density at radius 2 is 1.72 bits per heavy atom. The molecule has 4 rings (SSSR count). The molecule has 1 amide bonds. The van der Waals surface area contributed by atoms with Crippen LogP contribution in [0.15, 0.2) is 53.4 Å². The van der Waals surface area contributed by atoms with E-state index in [1.165, 1.54) is 41.2 Å². The second-order valence-corrected chi connectivity index (χ2v) is 10.6. The van der Waals surface area contributed by atoms with Crippen molar-refractivity contribution in [1.29, 1.82) is 0 Å². The third-order valence-corrected chi connectivity index (χ3v) is 8.35. The summed E-state index contributed by atoms with van der Waals surface area (Å²) in [6.07, 6.45) is 3.27. The minimum Gasteiger partial charge on any atom is -0.338 e. The first-order valence-corrected chi connectivity index (χ1v) is 12.1. The summed E-state index contributed by atoms with van der Waals surface area (Å²) >= 11 is 7.32. The lowest BCUT2D eigenvalue weighted by Gasteiger charge is -2.26. The van der Waals surface area contributed by atoms with Gasteiger partial charge in [0.2, 0.25) is 0 Å². The van der Waals surface area contributed by atoms with Gasteiger partial charge in [0, 0.05) is 29.9 Å². The Morgan fingerprint density at radius 1 is 1.03 bits per heavy atom. The van der Waals surface area contributed by atoms with Crippen molar-refractivity contribution < 1.29 is 13.2 Å². The van der Waals surface area contributed by atoms with Gasteiger partial charge in [-0.05, 0) is 73.2 Å². The van der Waals surface area contributed by atoms with Crippen molar-refractivity contribution in [2.75, 3.05) is 24.4 Å². The number of anilines is 1. The van der Waals surface area contributed by atoms with Crippen molar-refractivity contribution in [3.05, 3.63) is 58.4 Å². The number of likely N-dealkylation sites (tertiary alicyclic amines) is 1. The number of nitrogens with zero attached hydrogens (tertiary/aromatic N) is 2. The fourth-order valence-electron chi connectivity index (χ4n) is 3.49. The first-order valence-electron chi connectivity index (χ1n) is 9.44. The number of piperidine rings is 1. The van der Waals surface area contributed by atoms with Crippen molar-refractivity contribution in [2.45, 2.75) is 24.2 Å². The second-order valence-electron chi connectivity index (χ2n) is 7.11. The monoisotopic (exact) mass is 448 g/mol. The highest BCUT2D eigenvalue weighted by Crippen LogP contribution is 2.32. The van der Waals surface area contributed by atoms with Gasteiger partial charge in [-0.15, -0.1) is 11.3 Å². The fraction of sp³-hybridized carbons (Fsp3) is 0.286. The molecule has 2 aromatic carbocycles. The van der Waals surface area contributed by atoms with E-state index in [0.29, 0.717) is 15.6 Å². The highest BCUT2D eigenvalue weighted by molar-refractivity contribution is 7.92. The van der Waals surface area contributed by atoms with Crippen LogP contribution in [-0.2, 0) is 10.0 Å². The summed E-state index contributed by atoms with van der Waals surface area (Å²) in [4.78, 5) is 15.6. The number of halogens is 1. The molecule has 0 aliphatic carbocycles. The number of benzene rings is 2. The lowest BCUT2D eigenvalue weighted by atomic mass is 10.1. The van der Waals surface area contributed by atoms with E-state index in [1.54, 1.807) is 18.2 Å². The van der Waals surface area contributed by atoms with Crippen LogP contribution >= 0.6 is 22.9 Å². The summed E-state index contributed by atoms with van der Waals surface area (Å²) < 4.78 is 28.1. The van der Waals surface area contributed by atoms with Gasteiger partial charge in [-0.25, -0.2) is 8.42 Å². The Balaban J connectivity index is 1.63. The number of carbonyl (C=O) groups excluding carboxylic acids is 1. The maximum atomic E-state index is 12.9. The molecule has 1 aliphatic rings. The largest absolute Gasteiger partial charge is 0.338 e. The van der Waals surface area contributed by atoms with Crippen LogP contribution in [0.3, 0.4) is 0 Å². The summed E-state index contributed by atoms with van der Waals surface area (Å²) in [5, 5.41) is 1.35. The van der Waals surface area contributed by atoms with Crippen LogP contribution in [0.25, 0.3) is 10.1 Å². The molecule has 152 valence electrons. The van der Waals surface area contributed by atoms with Crippen molar-refractivity contribution in [2.24, 2.45) is 0 Å². The topological polar surface area (TPSA) is 57.7 Å². The quantitative estimate of drug-likeness (QED) is 0.564. The third-order valence-electron chi connectivity index (χ3n) is 5.19. The Kier molecular flexibility index (Phi) is 5.55. The van der Waals surface area contributed by atoms with Crippen LogP contribution < -0.4 is 4.31 Å². The SMILES string of the molecule is CN(c1ccc2sc(C(=O)N3CCCCC3)cc2c1)S(=O)(=O)c1ccc(Cl)cc1. The van der Waals surface area contributed by atoms with Crippen molar-refractivity contribution in [3.63, 3.8) is 0 Å². The number of thiophene rings is 1. The van der Waals surface area contributed by atoms with E-state index in [2.05, 4.69) is 0 Å². The van der Waals surface area contributed by atoms with Gasteiger partial charge in [0.25, 0.3) is 15.9 Å². The zero-order chi connectivity index (χ0) is 20.6. The molecular formula is C21H21ClN2O3S2. The van der Waals surface area contributed by atoms with Gasteiger partial charge in [-0.1, -0.05) is 11.6 Å². The zero-order valence-electron chi connectivity index (χ0n) is 16.0. The molecule has 0 saturated carbocycles. The summed E-state index contributed by atoms with van der Waals surface area (Å²) in [6.45, 7) is 1.61. The average Bonchev–Trinajstić information content (AvgIpc) is 3.17. The van der Waals surface area contributed by atoms with E-state index in [4.69, 9.17) is 11.6 Å². The number of carbonyl (C=O) groups is 1. The summed E-state index contributed by atoms with van der Waals surface area (Å²) in [6, 6.07) is 13.4. The van der Waals surface area contributed by atoms with Gasteiger partial charge in [0.05, 0.1) is 15.5 Å². The van der Waals surface area contributed by atoms with E-state index >= 15 is 0 Å². The molecule has 5 nitrogen and oxygen atoms in total. The van der Waals surface area contributed by atoms with Crippen molar-refractivity contribution in [3.8, 4) is 0 Å². The molecule has 0 spiro atoms. The highest BCUT2D eigenvalue weighted by atomic mass is 35.5. The van der Waals surface area contributed by atoms with E-state index in [1.807, 2.05) is 23.1 Å². The first kappa shape index (κ1) is 20.2. The molecule has 0 bridgehead atoms. The maximum absolute atomic E-state index is 12.9. The molecule has 3 aromatic rings. The number of amides is 1. The molecule has 1 saturated heterocycles. The van der Waals surface area contributed by atoms with Crippen molar-refractivity contribution in [1.82, 2.24) is 4.90 Å². The van der Waals surface area contributed by atoms with Crippen LogP contribution in [0.5, 0.6) is 0 Å². The van der Waals surface area contributed by atoms with E-state index in [0.717, 1.165) is 36.0 Å². The number of rotatable bonds is 4. The van der Waals surface area contributed by atoms with Crippen LogP contribution in [-0.4, -0.2) is 39.4 Å². The number of fused-ring (bicyclic) bond motifs is 1. The van der Waals surface area contributed by atoms with E-state index < -0.39 is 10.0 Å². The van der Waals surface area contributed by atoms with Crippen LogP contribution in [0, 0.1) is 0 Å². The predicted molar refractivity (Wildman–Crippen MR) is 119 cm³/mol. The Labute approximate surface area is 179 Å². The molecular weight excluding hydrogens is 428 g/mol. The molecule has 1 fully saturated rings. The zero-order valence-corrected chi connectivity index (χ0v) is 18.4. The van der Waals surface area contributed by atoms with E-state index in [-0.39, 0.29) is 10.8 Å². The van der Waals surface area contributed by atoms with Gasteiger partial charge in [0.1, 0.15) is 0 Å². The summed E-state index contributed by atoms with van der Waals surface area (Å²) in [7, 11) is -2.18. The molecule has 0 unspecified atom stereocenters. The summed E-state index contributed by atoms with van der Waals surface area (Å²) in [5.41, 5.74) is 0.544. The van der Waals surface area contributed by atoms with Gasteiger partial charge >= 0.3 is 0 Å². The Morgan fingerprint density at radius 3 is 2.41 bits per heavy atom. The number of sulfonamides is 1. The second kappa shape index (κ2) is 7.97. The summed E-state index contributed by atoms with van der Waals surface area (Å²) in [5.74, 6) is 0.0644. The van der Waals surface area contributed by atoms with Crippen molar-refractivity contribution >= 4 is 54.6 Å². The first-order chi connectivity index (χ1) is 13.9. The lowest BCUT2D eigenvalue weighted by Crippen LogP contribution is -2.35. The Bertz CT molecular complexity index is 1150. The molecule has 0 N–H and O–H groups in total. The van der Waals surface area contributed by atoms with E-state index in [9.17, 15) is 13.2 Å². The molecule has 0 atom stereocenters. The van der Waals surface area contributed by atoms with Crippen LogP contribution in [0.4, 0.5) is 5.69 Å². The predicted octanol–water partition coefficient (Wildman–Crippen LogP) is 5.01. The minimum absolute atomic E-state index is 0.0644. The maximum Gasteiger partial charge on any atom is 0.264 e. The molecule has 1 aromatic heterocycles. The lowest BCUT2D eigenvalue weighted by molar-refractivity contribution is 0.0729. The molecule has 0 radical (unpaired) electrons. The standard InChI is InChI=1S/C21H21ClN2O3S2/c1-23(29(26,27)18-8-5-16(22)6-9-18)17-7-10-19-15(13-17)14-20(28-19)21(25)24-11-3-2-4-12-24/h5-10,13-14H,2-4,11-12H2,1H3. The molecule has 1 aliphatic heterocycles. The van der Waals surface area contributed by atoms with Crippen LogP contribution in [0.2, 0.25) is 5.02 Å². The molecule has 2 heterocycles. The fourth-order valence-corrected chi connectivity index (χ4v) is 5.81. The van der Waals surface area contributed by atoms with Gasteiger partial charge in [0.15, 0.2) is 0 Å². The normalized spacial score (nSPS) is 14.9. The third kappa shape index (κ3) is 3.99. The number of hydrogen-bond donors (Lipinski definition) is 0. The highest BCUT2D eigenvalue weighted by Gasteiger charge is 2.23. The van der Waals surface area contributed by atoms with Gasteiger partial charge in [-0.3, -0.25) is 9.10 Å². The van der Waals surface area contributed by atoms with Gasteiger partial charge in [-0.2, -0.15) is 0 Å². The average molecular weight is 449 g/mol. The van der Waals surface area contributed by atoms with Gasteiger partial charge < -0.3 is 4.90 Å². The minimum atomic E-state index is -3.70. The van der Waals surface area contributed by atoms with Crippen LogP contribution in [0.1, 0.15) is 28.9 Å². The number of hydrogen-bond acceptors (Lipinski definition) is 4. The smallest absolute Gasteiger partial charge is 0.264 e. The molecule has 8 heteroatoms. The molecule has 29 heavy (non-hydrogen) atoms. The Hall–Kier alpha value is -2.09.